The number of phenolic OH excluding ortho intramolecular Hbond substituents is 1. The number of amides is 1. The fourth-order valence-corrected chi connectivity index (χ4v) is 3.02. The Kier molecular flexibility index (Phi) is 4.50. The van der Waals surface area contributed by atoms with Crippen molar-refractivity contribution in [2.24, 2.45) is 0 Å². The van der Waals surface area contributed by atoms with Gasteiger partial charge < -0.3 is 10.4 Å². The molecule has 1 aromatic heterocycles. The number of rotatable bonds is 3. The molecule has 0 aliphatic heterocycles. The molecule has 1 atom stereocenters. The van der Waals surface area contributed by atoms with Gasteiger partial charge in [0, 0.05) is 9.35 Å². The Bertz CT molecular complexity index is 614. The molecule has 0 radical (unpaired) electrons. The van der Waals surface area contributed by atoms with Crippen molar-refractivity contribution in [3.8, 4) is 5.75 Å². The van der Waals surface area contributed by atoms with Gasteiger partial charge in [-0.1, -0.05) is 27.5 Å². The maximum atomic E-state index is 12.1. The predicted octanol–water partition coefficient (Wildman–Crippen LogP) is 4.36. The van der Waals surface area contributed by atoms with Gasteiger partial charge in [-0.05, 0) is 37.3 Å². The number of benzene rings is 1. The van der Waals surface area contributed by atoms with Gasteiger partial charge in [0.05, 0.1) is 15.9 Å². The summed E-state index contributed by atoms with van der Waals surface area (Å²) in [7, 11) is 0. The Morgan fingerprint density at radius 1 is 1.42 bits per heavy atom. The van der Waals surface area contributed by atoms with Gasteiger partial charge >= 0.3 is 0 Å². The van der Waals surface area contributed by atoms with E-state index >= 15 is 0 Å². The number of carbonyl (C=O) groups excluding carboxylic acids is 1. The van der Waals surface area contributed by atoms with E-state index in [1.54, 1.807) is 18.2 Å². The van der Waals surface area contributed by atoms with E-state index < -0.39 is 0 Å². The topological polar surface area (TPSA) is 49.3 Å². The van der Waals surface area contributed by atoms with E-state index in [0.29, 0.717) is 4.34 Å². The molecule has 19 heavy (non-hydrogen) atoms. The van der Waals surface area contributed by atoms with Crippen molar-refractivity contribution in [1.82, 2.24) is 5.32 Å². The highest BCUT2D eigenvalue weighted by atomic mass is 79.9. The summed E-state index contributed by atoms with van der Waals surface area (Å²) >= 11 is 10.5. The second-order valence-corrected chi connectivity index (χ2v) is 6.66. The van der Waals surface area contributed by atoms with E-state index in [1.165, 1.54) is 17.4 Å². The molecular formula is C13H11BrClNO2S. The quantitative estimate of drug-likeness (QED) is 0.854. The number of nitrogens with one attached hydrogen (secondary N) is 1. The van der Waals surface area contributed by atoms with Gasteiger partial charge in [0.25, 0.3) is 5.91 Å². The molecule has 2 aromatic rings. The average Bonchev–Trinajstić information content (AvgIpc) is 2.75. The molecule has 0 saturated carbocycles. The smallest absolute Gasteiger partial charge is 0.255 e. The lowest BCUT2D eigenvalue weighted by atomic mass is 10.1. The van der Waals surface area contributed by atoms with Gasteiger partial charge in [0.2, 0.25) is 0 Å². The minimum Gasteiger partial charge on any atom is -0.507 e. The number of halogens is 2. The number of thiophene rings is 1. The first kappa shape index (κ1) is 14.4. The largest absolute Gasteiger partial charge is 0.507 e. The van der Waals surface area contributed by atoms with E-state index in [1.807, 2.05) is 13.0 Å². The zero-order valence-corrected chi connectivity index (χ0v) is 13.1. The van der Waals surface area contributed by atoms with Crippen molar-refractivity contribution in [2.75, 3.05) is 0 Å². The van der Waals surface area contributed by atoms with Crippen LogP contribution in [-0.2, 0) is 0 Å². The summed E-state index contributed by atoms with van der Waals surface area (Å²) in [6.07, 6.45) is 0. The standard InChI is InChI=1S/C13H11BrClNO2S/c1-7(11-4-5-12(15)19-11)16-13(18)9-3-2-8(14)6-10(9)17/h2-7,17H,1H3,(H,16,18). The fourth-order valence-electron chi connectivity index (χ4n) is 1.60. The molecule has 6 heteroatoms. The van der Waals surface area contributed by atoms with Crippen molar-refractivity contribution in [3.05, 3.63) is 49.6 Å². The molecule has 1 aromatic carbocycles. The second kappa shape index (κ2) is 5.94. The Morgan fingerprint density at radius 2 is 2.16 bits per heavy atom. The Labute approximate surface area is 128 Å². The van der Waals surface area contributed by atoms with Crippen molar-refractivity contribution in [3.63, 3.8) is 0 Å². The molecule has 0 aliphatic rings. The number of aromatic hydroxyl groups is 1. The van der Waals surface area contributed by atoms with E-state index in [0.717, 1.165) is 9.35 Å². The fraction of sp³-hybridized carbons (Fsp3) is 0.154. The molecule has 1 unspecified atom stereocenters. The van der Waals surface area contributed by atoms with Crippen LogP contribution in [0.5, 0.6) is 5.75 Å². The molecule has 100 valence electrons. The van der Waals surface area contributed by atoms with Gasteiger partial charge in [0.1, 0.15) is 5.75 Å². The summed E-state index contributed by atoms with van der Waals surface area (Å²) in [5.74, 6) is -0.370. The maximum Gasteiger partial charge on any atom is 0.255 e. The summed E-state index contributed by atoms with van der Waals surface area (Å²) in [6, 6.07) is 8.28. The molecule has 2 N–H and O–H groups in total. The Hall–Kier alpha value is -1.04. The number of carbonyl (C=O) groups is 1. The Morgan fingerprint density at radius 3 is 2.74 bits per heavy atom. The van der Waals surface area contributed by atoms with Gasteiger partial charge in [-0.25, -0.2) is 0 Å². The third kappa shape index (κ3) is 3.49. The summed E-state index contributed by atoms with van der Waals surface area (Å²) in [4.78, 5) is 13.0. The first-order valence-electron chi connectivity index (χ1n) is 5.52. The number of hydrogen-bond donors (Lipinski definition) is 2. The van der Waals surface area contributed by atoms with Crippen molar-refractivity contribution in [1.29, 1.82) is 0 Å². The van der Waals surface area contributed by atoms with Crippen molar-refractivity contribution < 1.29 is 9.90 Å². The predicted molar refractivity (Wildman–Crippen MR) is 81.0 cm³/mol. The van der Waals surface area contributed by atoms with Crippen LogP contribution in [0.2, 0.25) is 4.34 Å². The third-order valence-corrected chi connectivity index (χ3v) is 4.48. The van der Waals surface area contributed by atoms with E-state index in [4.69, 9.17) is 11.6 Å². The SMILES string of the molecule is CC(NC(=O)c1ccc(Br)cc1O)c1ccc(Cl)s1. The molecule has 1 heterocycles. The lowest BCUT2D eigenvalue weighted by Gasteiger charge is -2.13. The highest BCUT2D eigenvalue weighted by Crippen LogP contribution is 2.28. The van der Waals surface area contributed by atoms with Crippen LogP contribution in [-0.4, -0.2) is 11.0 Å². The molecule has 0 aliphatic carbocycles. The van der Waals surface area contributed by atoms with Crippen molar-refractivity contribution in [2.45, 2.75) is 13.0 Å². The van der Waals surface area contributed by atoms with Crippen LogP contribution in [0.1, 0.15) is 28.2 Å². The molecule has 0 saturated heterocycles. The summed E-state index contributed by atoms with van der Waals surface area (Å²) in [5, 5.41) is 12.6. The van der Waals surface area contributed by atoms with Gasteiger partial charge in [-0.2, -0.15) is 0 Å². The number of hydrogen-bond acceptors (Lipinski definition) is 3. The zero-order valence-electron chi connectivity index (χ0n) is 9.98. The van der Waals surface area contributed by atoms with Crippen LogP contribution >= 0.6 is 38.9 Å². The average molecular weight is 361 g/mol. The number of phenols is 1. The molecule has 1 amide bonds. The monoisotopic (exact) mass is 359 g/mol. The van der Waals surface area contributed by atoms with E-state index in [9.17, 15) is 9.90 Å². The van der Waals surface area contributed by atoms with Gasteiger partial charge in [-0.3, -0.25) is 4.79 Å². The summed E-state index contributed by atoms with van der Waals surface area (Å²) in [5.41, 5.74) is 0.248. The molecule has 0 fully saturated rings. The first-order chi connectivity index (χ1) is 8.97. The van der Waals surface area contributed by atoms with E-state index in [2.05, 4.69) is 21.2 Å². The normalized spacial score (nSPS) is 12.2. The highest BCUT2D eigenvalue weighted by Gasteiger charge is 2.16. The van der Waals surface area contributed by atoms with Crippen LogP contribution in [0.15, 0.2) is 34.8 Å². The molecule has 3 nitrogen and oxygen atoms in total. The second-order valence-electron chi connectivity index (χ2n) is 4.00. The van der Waals surface area contributed by atoms with Crippen LogP contribution in [0, 0.1) is 0 Å². The van der Waals surface area contributed by atoms with Crippen LogP contribution < -0.4 is 5.32 Å². The minimum atomic E-state index is -0.318. The third-order valence-electron chi connectivity index (χ3n) is 2.57. The van der Waals surface area contributed by atoms with Crippen LogP contribution in [0.3, 0.4) is 0 Å². The van der Waals surface area contributed by atoms with Crippen LogP contribution in [0.25, 0.3) is 0 Å². The van der Waals surface area contributed by atoms with Gasteiger partial charge in [0.15, 0.2) is 0 Å². The summed E-state index contributed by atoms with van der Waals surface area (Å²) < 4.78 is 1.40. The zero-order chi connectivity index (χ0) is 14.0. The lowest BCUT2D eigenvalue weighted by molar-refractivity contribution is 0.0938. The molecular weight excluding hydrogens is 350 g/mol. The summed E-state index contributed by atoms with van der Waals surface area (Å²) in [6.45, 7) is 1.87. The van der Waals surface area contributed by atoms with E-state index in [-0.39, 0.29) is 23.3 Å². The first-order valence-corrected chi connectivity index (χ1v) is 7.50. The maximum absolute atomic E-state index is 12.1. The van der Waals surface area contributed by atoms with Gasteiger partial charge in [-0.15, -0.1) is 11.3 Å². The minimum absolute atomic E-state index is 0.0525. The van der Waals surface area contributed by atoms with Crippen LogP contribution in [0.4, 0.5) is 0 Å². The van der Waals surface area contributed by atoms with Crippen molar-refractivity contribution >= 4 is 44.8 Å². The molecule has 0 bridgehead atoms. The molecule has 2 rings (SSSR count). The molecule has 0 spiro atoms. The Balaban J connectivity index is 2.12. The highest BCUT2D eigenvalue weighted by molar-refractivity contribution is 9.10. The lowest BCUT2D eigenvalue weighted by Crippen LogP contribution is -2.26.